The first-order valence-corrected chi connectivity index (χ1v) is 25.3. The van der Waals surface area contributed by atoms with Gasteiger partial charge in [-0.15, -0.1) is 0 Å². The summed E-state index contributed by atoms with van der Waals surface area (Å²) in [5, 5.41) is 242. The van der Waals surface area contributed by atoms with Crippen LogP contribution in [0.4, 0.5) is 22.7 Å². The number of β-amino-alcohol motifs (C(OH)–C–C–N with tert-alkyl or cyclic N) is 2. The predicted octanol–water partition coefficient (Wildman–Crippen LogP) is -7.25. The Morgan fingerprint density at radius 2 is 0.967 bits per heavy atom. The summed E-state index contributed by atoms with van der Waals surface area (Å²) in [6, 6.07) is 7.01. The summed E-state index contributed by atoms with van der Waals surface area (Å²) in [6.45, 7) is -3.10. The maximum absolute atomic E-state index is 14.5. The van der Waals surface area contributed by atoms with Crippen LogP contribution < -0.4 is 40.5 Å². The Labute approximate surface area is 496 Å². The molecule has 40 nitrogen and oxygen atoms in total. The second-order valence-electron chi connectivity index (χ2n) is 20.4. The van der Waals surface area contributed by atoms with Gasteiger partial charge in [-0.3, -0.25) is 33.7 Å². The summed E-state index contributed by atoms with van der Waals surface area (Å²) in [4.78, 5) is 81.5. The number of anilines is 4. The lowest BCUT2D eigenvalue weighted by molar-refractivity contribution is -0.517. The van der Waals surface area contributed by atoms with Gasteiger partial charge in [-0.25, -0.2) is 14.3 Å². The van der Waals surface area contributed by atoms with Crippen LogP contribution in [0.2, 0.25) is 0 Å². The van der Waals surface area contributed by atoms with Crippen LogP contribution in [0.3, 0.4) is 0 Å². The van der Waals surface area contributed by atoms with Crippen molar-refractivity contribution in [1.29, 1.82) is 0 Å². The lowest BCUT2D eigenvalue weighted by atomic mass is 9.85. The average molecular weight is 1270 g/mol. The zero-order chi connectivity index (χ0) is 66.6. The van der Waals surface area contributed by atoms with Gasteiger partial charge in [0, 0.05) is 35.7 Å². The third-order valence-electron chi connectivity index (χ3n) is 15.1. The fraction of sp³-hybridized carbons (Fsp3) is 0.280. The highest BCUT2D eigenvalue weighted by atomic mass is 16.8. The molecule has 0 aliphatic carbocycles. The van der Waals surface area contributed by atoms with Gasteiger partial charge in [0.25, 0.3) is 41.1 Å². The average Bonchev–Trinajstić information content (AvgIpc) is 0.918. The summed E-state index contributed by atoms with van der Waals surface area (Å²) >= 11 is 0. The Kier molecular flexibility index (Phi) is 14.1. The molecule has 6 heterocycles. The molecule has 0 saturated carbocycles. The van der Waals surface area contributed by atoms with Crippen LogP contribution in [-0.2, 0) is 25.9 Å². The molecule has 2 saturated heterocycles. The number of amides is 6. The number of carbonyl (C=O) groups is 6. The minimum atomic E-state index is -5.06. The summed E-state index contributed by atoms with van der Waals surface area (Å²) in [5.41, 5.74) is -1.37. The number of nitrogens with zero attached hydrogens (tertiary/aromatic N) is 8. The fourth-order valence-corrected chi connectivity index (χ4v) is 10.6. The number of rotatable bonds is 13. The number of methoxy groups -OCH3 is 1. The van der Waals surface area contributed by atoms with E-state index in [9.17, 15) is 136 Å². The van der Waals surface area contributed by atoms with E-state index in [4.69, 9.17) is 25.7 Å². The van der Waals surface area contributed by atoms with Crippen molar-refractivity contribution in [2.45, 2.75) is 60.0 Å². The van der Waals surface area contributed by atoms with Gasteiger partial charge in [0.15, 0.2) is 52.6 Å². The van der Waals surface area contributed by atoms with E-state index in [2.05, 4.69) is 10.2 Å². The molecule has 2 fully saturated rings. The van der Waals surface area contributed by atoms with Gasteiger partial charge in [-0.2, -0.15) is 10.2 Å². The number of fused-ring (bicyclic) bond motifs is 2. The third kappa shape index (κ3) is 8.41. The topological polar surface area (TPSA) is 656 Å². The number of phenolic OH excluding ortho intramolecular Hbond substituents is 8. The van der Waals surface area contributed by atoms with Crippen LogP contribution in [0, 0.1) is 0 Å². The maximum Gasteiger partial charge on any atom is 0.316 e. The number of ether oxygens (including phenoxy) is 3. The van der Waals surface area contributed by atoms with Crippen LogP contribution in [0.25, 0.3) is 11.4 Å². The van der Waals surface area contributed by atoms with Gasteiger partial charge in [-0.05, 0) is 61.4 Å². The Bertz CT molecular complexity index is 4040. The van der Waals surface area contributed by atoms with Gasteiger partial charge in [0.05, 0.1) is 24.8 Å². The molecule has 1 unspecified atom stereocenters. The van der Waals surface area contributed by atoms with Gasteiger partial charge in [0.2, 0.25) is 46.2 Å². The van der Waals surface area contributed by atoms with Crippen LogP contribution in [-0.4, -0.2) is 218 Å². The Hall–Kier alpha value is -10.4. The molecule has 40 heteroatoms. The molecular weight excluding hydrogens is 1220 g/mol. The molecule has 4 aromatic carbocycles. The molecule has 10 rings (SSSR count). The second kappa shape index (κ2) is 20.3. The number of phenols is 8. The van der Waals surface area contributed by atoms with Gasteiger partial charge >= 0.3 is 23.4 Å². The Morgan fingerprint density at radius 1 is 0.533 bits per heavy atom. The molecule has 0 radical (unpaired) electrons. The molecule has 4 aliphatic heterocycles. The Morgan fingerprint density at radius 3 is 1.43 bits per heavy atom. The van der Waals surface area contributed by atoms with E-state index in [1.165, 1.54) is 17.0 Å². The Balaban J connectivity index is 0.963. The molecular formula is C50H48N10O30. The smallest absolute Gasteiger partial charge is 0.316 e. The number of primary amides is 2. The number of hydrogen-bond acceptors (Lipinski definition) is 32. The highest BCUT2D eigenvalue weighted by Crippen LogP contribution is 2.57. The number of carbonyl (C=O) groups excluding carboxylic acids is 6. The third-order valence-corrected chi connectivity index (χ3v) is 15.1. The van der Waals surface area contributed by atoms with E-state index in [1.807, 2.05) is 0 Å². The van der Waals surface area contributed by atoms with Crippen LogP contribution >= 0.6 is 0 Å². The van der Waals surface area contributed by atoms with E-state index < -0.39 is 208 Å². The first-order chi connectivity index (χ1) is 41.7. The zero-order valence-corrected chi connectivity index (χ0v) is 45.2. The van der Waals surface area contributed by atoms with Crippen LogP contribution in [0.5, 0.6) is 57.5 Å². The molecule has 90 heavy (non-hydrogen) atoms. The minimum Gasteiger partial charge on any atom is -0.503 e. The van der Waals surface area contributed by atoms with E-state index in [0.29, 0.717) is 42.0 Å². The molecule has 0 spiro atoms. The van der Waals surface area contributed by atoms with Crippen molar-refractivity contribution in [3.05, 3.63) is 82.4 Å². The van der Waals surface area contributed by atoms with Crippen molar-refractivity contribution < 1.29 is 150 Å². The second-order valence-corrected chi connectivity index (χ2v) is 20.4. The first kappa shape index (κ1) is 62.6. The van der Waals surface area contributed by atoms with Crippen molar-refractivity contribution in [3.8, 4) is 68.9 Å². The molecule has 0 bridgehead atoms. The number of aromatic nitrogens is 4. The van der Waals surface area contributed by atoms with Crippen molar-refractivity contribution >= 4 is 58.2 Å². The van der Waals surface area contributed by atoms with E-state index in [0.717, 1.165) is 19.2 Å². The summed E-state index contributed by atoms with van der Waals surface area (Å²) in [7, 11) is 0.888. The summed E-state index contributed by atoms with van der Waals surface area (Å²) < 4.78 is 14.6. The van der Waals surface area contributed by atoms with E-state index in [-0.39, 0.29) is 38.8 Å². The largest absolute Gasteiger partial charge is 0.503 e. The highest BCUT2D eigenvalue weighted by molar-refractivity contribution is 6.12. The van der Waals surface area contributed by atoms with Crippen LogP contribution in [0.1, 0.15) is 72.3 Å². The standard InChI is InChI=1S/C50H48N10O30/c1-88-37-33(66)29(62)27(30(63)34(37)67)59-25-21(23(53-59)39(51)70)44(75,76)14-56(41(25)72)17-7-11-19(12-8-17)58-43(74)46(79,80)47(81,82)48(83,50(58,86)87)90-15-89-38-35(68)31(64)28(32(65)36(38)69)60-26-22(24(54-60)40(52)71)45(77,78)49(84,85)57(42(26)73)18-9-5-16(6-10-18)55-13-3-2-4-20(55)61/h5-12,62-69,75-87H,2-4,13-15H2,1H3,(H2,51,70)(H2,52,71). The molecule has 478 valence electrons. The van der Waals surface area contributed by atoms with Gasteiger partial charge < -0.3 is 143 Å². The molecule has 25 N–H and O–H groups in total. The highest BCUT2D eigenvalue weighted by Gasteiger charge is 2.82. The minimum absolute atomic E-state index is 0.0543. The van der Waals surface area contributed by atoms with E-state index in [1.54, 1.807) is 0 Å². The lowest BCUT2D eigenvalue weighted by Gasteiger charge is -2.56. The summed E-state index contributed by atoms with van der Waals surface area (Å²) in [6.07, 6.45) is 1.39. The number of benzene rings is 4. The fourth-order valence-electron chi connectivity index (χ4n) is 10.6. The van der Waals surface area contributed by atoms with Crippen LogP contribution in [0.15, 0.2) is 48.5 Å². The zero-order valence-electron chi connectivity index (χ0n) is 45.2. The predicted molar refractivity (Wildman–Crippen MR) is 282 cm³/mol. The van der Waals surface area contributed by atoms with Crippen molar-refractivity contribution in [2.24, 2.45) is 11.5 Å². The number of piperidine rings is 2. The monoisotopic (exact) mass is 1270 g/mol. The van der Waals surface area contributed by atoms with Gasteiger partial charge in [-0.1, -0.05) is 0 Å². The summed E-state index contributed by atoms with van der Waals surface area (Å²) in [5.74, 6) is -55.8. The molecule has 6 amide bonds. The number of aromatic hydroxyl groups is 8. The molecule has 1 atom stereocenters. The number of hydrogen-bond donors (Lipinski definition) is 23. The van der Waals surface area contributed by atoms with Crippen molar-refractivity contribution in [1.82, 2.24) is 19.6 Å². The molecule has 2 aromatic heterocycles. The van der Waals surface area contributed by atoms with Gasteiger partial charge in [0.1, 0.15) is 11.4 Å². The number of aliphatic hydroxyl groups is 13. The lowest BCUT2D eigenvalue weighted by Crippen LogP contribution is -2.89. The SMILES string of the molecule is COc1c(O)c(O)c(-n2nc(C(N)=O)c3c2C(=O)N(c2ccc(N4C(=O)C(O)(O)C(O)(O)C(O)(OCOc5c(O)c(O)c(-n6nc(C(N)=O)c7c6C(=O)N(c6ccc(N8CCCCC8=O)cc6)C(O)(O)C7(O)O)c(O)c5O)C4(O)O)cc2)CC3(O)O)c(O)c1O. The molecule has 6 aromatic rings. The number of nitrogens with two attached hydrogens (primary N) is 2. The normalized spacial score (nSPS) is 20.4. The first-order valence-electron chi connectivity index (χ1n) is 25.3. The molecule has 4 aliphatic rings. The van der Waals surface area contributed by atoms with Crippen molar-refractivity contribution in [3.63, 3.8) is 0 Å². The quantitative estimate of drug-likeness (QED) is 0.0290. The maximum atomic E-state index is 14.5. The van der Waals surface area contributed by atoms with Crippen molar-refractivity contribution in [2.75, 3.05) is 46.6 Å². The van der Waals surface area contributed by atoms with E-state index >= 15 is 0 Å².